The van der Waals surface area contributed by atoms with Crippen molar-refractivity contribution in [3.05, 3.63) is 53.2 Å². The van der Waals surface area contributed by atoms with E-state index in [1.807, 2.05) is 12.1 Å². The molecule has 2 N–H and O–H groups in total. The zero-order valence-electron chi connectivity index (χ0n) is 12.2. The van der Waals surface area contributed by atoms with Crippen LogP contribution in [0.4, 0.5) is 5.69 Å². The number of nitriles is 1. The minimum absolute atomic E-state index is 0.181. The Balaban J connectivity index is 2.27. The van der Waals surface area contributed by atoms with Gasteiger partial charge in [0, 0.05) is 5.69 Å². The molecule has 1 aromatic carbocycles. The zero-order chi connectivity index (χ0) is 16.8. The van der Waals surface area contributed by atoms with Gasteiger partial charge in [-0.2, -0.15) is 5.26 Å². The molecule has 0 aliphatic carbocycles. The number of hydrogen-bond acceptors (Lipinski definition) is 5. The molecule has 6 nitrogen and oxygen atoms in total. The average Bonchev–Trinajstić information content (AvgIpc) is 2.53. The molecule has 2 rings (SSSR count). The van der Waals surface area contributed by atoms with E-state index in [2.05, 4.69) is 10.3 Å². The molecule has 0 aliphatic rings. The quantitative estimate of drug-likeness (QED) is 0.818. The Kier molecular flexibility index (Phi) is 5.33. The number of pyridine rings is 1. The number of amides is 1. The first-order chi connectivity index (χ1) is 11.0. The fraction of sp³-hybridized carbons (Fsp3) is 0.125. The summed E-state index contributed by atoms with van der Waals surface area (Å²) in [5.74, 6) is -1.56. The number of nitrogens with zero attached hydrogens (tertiary/aromatic N) is 2. The number of aromatic nitrogens is 1. The molecular formula is C16H13N3O3S. The molecule has 1 amide bonds. The van der Waals surface area contributed by atoms with Crippen LogP contribution in [0.1, 0.15) is 21.6 Å². The first kappa shape index (κ1) is 16.5. The molecule has 0 atom stereocenters. The van der Waals surface area contributed by atoms with Crippen LogP contribution in [0.5, 0.6) is 0 Å². The Hall–Kier alpha value is -2.85. The average molecular weight is 327 g/mol. The van der Waals surface area contributed by atoms with Gasteiger partial charge < -0.3 is 10.4 Å². The summed E-state index contributed by atoms with van der Waals surface area (Å²) in [4.78, 5) is 27.2. The van der Waals surface area contributed by atoms with E-state index in [0.717, 1.165) is 11.8 Å². The number of rotatable bonds is 5. The van der Waals surface area contributed by atoms with E-state index in [9.17, 15) is 14.9 Å². The minimum atomic E-state index is -0.996. The van der Waals surface area contributed by atoms with Gasteiger partial charge in [0.05, 0.1) is 22.6 Å². The molecule has 0 saturated carbocycles. The fourth-order valence-electron chi connectivity index (χ4n) is 1.85. The van der Waals surface area contributed by atoms with Gasteiger partial charge in [-0.1, -0.05) is 30.0 Å². The van der Waals surface area contributed by atoms with E-state index >= 15 is 0 Å². The third kappa shape index (κ3) is 4.31. The molecular weight excluding hydrogens is 314 g/mol. The zero-order valence-corrected chi connectivity index (χ0v) is 13.1. The van der Waals surface area contributed by atoms with Crippen molar-refractivity contribution in [1.82, 2.24) is 4.98 Å². The van der Waals surface area contributed by atoms with Crippen LogP contribution in [0, 0.1) is 18.3 Å². The molecule has 0 aliphatic heterocycles. The predicted molar refractivity (Wildman–Crippen MR) is 86.4 cm³/mol. The number of aliphatic carboxylic acids is 1. The van der Waals surface area contributed by atoms with Crippen LogP contribution < -0.4 is 5.32 Å². The van der Waals surface area contributed by atoms with Gasteiger partial charge in [0.25, 0.3) is 5.91 Å². The standard InChI is InChI=1S/C16H13N3O3S/c1-10-13(15(22)19-12-5-3-2-4-6-12)7-11(8-17)16(18-10)23-9-14(20)21/h2-7H,9H2,1H3,(H,19,22)(H,20,21). The predicted octanol–water partition coefficient (Wildman–Crippen LogP) is 2.69. The fourth-order valence-corrected chi connectivity index (χ4v) is 2.58. The van der Waals surface area contributed by atoms with Crippen molar-refractivity contribution in [2.45, 2.75) is 11.9 Å². The number of hydrogen-bond donors (Lipinski definition) is 2. The van der Waals surface area contributed by atoms with Crippen molar-refractivity contribution in [2.75, 3.05) is 11.1 Å². The largest absolute Gasteiger partial charge is 0.481 e. The second-order valence-electron chi connectivity index (χ2n) is 4.59. The third-order valence-electron chi connectivity index (χ3n) is 2.91. The molecule has 0 saturated heterocycles. The lowest BCUT2D eigenvalue weighted by atomic mass is 10.1. The minimum Gasteiger partial charge on any atom is -0.481 e. The van der Waals surface area contributed by atoms with Gasteiger partial charge in [0.1, 0.15) is 11.1 Å². The summed E-state index contributed by atoms with van der Waals surface area (Å²) in [5.41, 5.74) is 1.54. The smallest absolute Gasteiger partial charge is 0.313 e. The molecule has 1 aromatic heterocycles. The molecule has 0 unspecified atom stereocenters. The van der Waals surface area contributed by atoms with Gasteiger partial charge in [0.2, 0.25) is 0 Å². The highest BCUT2D eigenvalue weighted by Gasteiger charge is 2.16. The molecule has 0 fully saturated rings. The number of para-hydroxylation sites is 1. The van der Waals surface area contributed by atoms with Crippen molar-refractivity contribution in [3.63, 3.8) is 0 Å². The van der Waals surface area contributed by atoms with E-state index < -0.39 is 5.97 Å². The number of nitrogens with one attached hydrogen (secondary N) is 1. The van der Waals surface area contributed by atoms with Crippen LogP contribution in [-0.4, -0.2) is 27.7 Å². The lowest BCUT2D eigenvalue weighted by molar-refractivity contribution is -0.133. The van der Waals surface area contributed by atoms with Gasteiger partial charge in [-0.3, -0.25) is 9.59 Å². The normalized spacial score (nSPS) is 9.91. The maximum absolute atomic E-state index is 12.3. The van der Waals surface area contributed by atoms with E-state index in [-0.39, 0.29) is 22.8 Å². The summed E-state index contributed by atoms with van der Waals surface area (Å²) in [6, 6.07) is 12.3. The van der Waals surface area contributed by atoms with Gasteiger partial charge in [-0.25, -0.2) is 4.98 Å². The number of anilines is 1. The van der Waals surface area contributed by atoms with Crippen LogP contribution in [0.15, 0.2) is 41.4 Å². The molecule has 1 heterocycles. The molecule has 0 radical (unpaired) electrons. The monoisotopic (exact) mass is 327 g/mol. The first-order valence-electron chi connectivity index (χ1n) is 6.64. The number of carboxylic acid groups (broad SMARTS) is 1. The number of aryl methyl sites for hydroxylation is 1. The summed E-state index contributed by atoms with van der Waals surface area (Å²) >= 11 is 0.953. The Labute approximate surface area is 137 Å². The van der Waals surface area contributed by atoms with E-state index in [1.165, 1.54) is 6.07 Å². The SMILES string of the molecule is Cc1nc(SCC(=O)O)c(C#N)cc1C(=O)Nc1ccccc1. The van der Waals surface area contributed by atoms with Crippen LogP contribution in [0.2, 0.25) is 0 Å². The number of carboxylic acids is 1. The van der Waals surface area contributed by atoms with Crippen molar-refractivity contribution in [3.8, 4) is 6.07 Å². The number of carbonyl (C=O) groups is 2. The van der Waals surface area contributed by atoms with Crippen molar-refractivity contribution >= 4 is 29.3 Å². The maximum Gasteiger partial charge on any atom is 0.313 e. The molecule has 0 bridgehead atoms. The van der Waals surface area contributed by atoms with Gasteiger partial charge >= 0.3 is 5.97 Å². The number of benzene rings is 1. The third-order valence-corrected chi connectivity index (χ3v) is 3.88. The van der Waals surface area contributed by atoms with Crippen molar-refractivity contribution in [1.29, 1.82) is 5.26 Å². The topological polar surface area (TPSA) is 103 Å². The van der Waals surface area contributed by atoms with Crippen LogP contribution >= 0.6 is 11.8 Å². The second-order valence-corrected chi connectivity index (χ2v) is 5.55. The number of carbonyl (C=O) groups excluding carboxylic acids is 1. The van der Waals surface area contributed by atoms with Crippen molar-refractivity contribution in [2.24, 2.45) is 0 Å². The first-order valence-corrected chi connectivity index (χ1v) is 7.62. The molecule has 2 aromatic rings. The molecule has 23 heavy (non-hydrogen) atoms. The van der Waals surface area contributed by atoms with E-state index in [0.29, 0.717) is 16.4 Å². The van der Waals surface area contributed by atoms with Crippen LogP contribution in [0.3, 0.4) is 0 Å². The van der Waals surface area contributed by atoms with Crippen molar-refractivity contribution < 1.29 is 14.7 Å². The van der Waals surface area contributed by atoms with E-state index in [1.54, 1.807) is 31.2 Å². The second kappa shape index (κ2) is 7.42. The number of thioether (sulfide) groups is 1. The van der Waals surface area contributed by atoms with Crippen LogP contribution in [-0.2, 0) is 4.79 Å². The summed E-state index contributed by atoms with van der Waals surface area (Å²) < 4.78 is 0. The highest BCUT2D eigenvalue weighted by Crippen LogP contribution is 2.23. The van der Waals surface area contributed by atoms with Gasteiger partial charge in [0.15, 0.2) is 0 Å². The Morgan fingerprint density at radius 1 is 1.35 bits per heavy atom. The highest BCUT2D eigenvalue weighted by atomic mass is 32.2. The van der Waals surface area contributed by atoms with Gasteiger partial charge in [-0.05, 0) is 25.1 Å². The highest BCUT2D eigenvalue weighted by molar-refractivity contribution is 7.99. The summed E-state index contributed by atoms with van der Waals surface area (Å²) in [5, 5.41) is 20.9. The van der Waals surface area contributed by atoms with E-state index in [4.69, 9.17) is 5.11 Å². The van der Waals surface area contributed by atoms with Gasteiger partial charge in [-0.15, -0.1) is 0 Å². The summed E-state index contributed by atoms with van der Waals surface area (Å²) in [6.07, 6.45) is 0. The lowest BCUT2D eigenvalue weighted by Gasteiger charge is -2.10. The van der Waals surface area contributed by atoms with Crippen LogP contribution in [0.25, 0.3) is 0 Å². The molecule has 7 heteroatoms. The summed E-state index contributed by atoms with van der Waals surface area (Å²) in [7, 11) is 0. The molecule has 116 valence electrons. The summed E-state index contributed by atoms with van der Waals surface area (Å²) in [6.45, 7) is 1.64. The Bertz CT molecular complexity index is 785. The Morgan fingerprint density at radius 2 is 2.04 bits per heavy atom. The maximum atomic E-state index is 12.3. The lowest BCUT2D eigenvalue weighted by Crippen LogP contribution is -2.15. The molecule has 0 spiro atoms. The Morgan fingerprint density at radius 3 is 2.65 bits per heavy atom.